The molecule has 1 saturated heterocycles. The number of para-hydroxylation sites is 1. The molecule has 2 amide bonds. The van der Waals surface area contributed by atoms with Gasteiger partial charge < -0.3 is 15.0 Å². The number of hydrogen-bond donors (Lipinski definition) is 1. The van der Waals surface area contributed by atoms with Crippen molar-refractivity contribution >= 4 is 11.8 Å². The number of tetrazole rings is 1. The third kappa shape index (κ3) is 3.24. The molecule has 1 aromatic heterocycles. The van der Waals surface area contributed by atoms with Gasteiger partial charge in [-0.1, -0.05) is 12.1 Å². The van der Waals surface area contributed by atoms with Gasteiger partial charge in [-0.2, -0.15) is 0 Å². The first-order valence-corrected chi connectivity index (χ1v) is 8.70. The zero-order chi connectivity index (χ0) is 18.0. The zero-order valence-electron chi connectivity index (χ0n) is 14.3. The zero-order valence-corrected chi connectivity index (χ0v) is 14.3. The number of nitrogens with one attached hydrogen (secondary N) is 1. The van der Waals surface area contributed by atoms with Crippen molar-refractivity contribution in [3.63, 3.8) is 0 Å². The van der Waals surface area contributed by atoms with Crippen LogP contribution in [0.3, 0.4) is 0 Å². The second-order valence-electron chi connectivity index (χ2n) is 6.71. The molecule has 0 aliphatic carbocycles. The predicted molar refractivity (Wildman–Crippen MR) is 90.4 cm³/mol. The van der Waals surface area contributed by atoms with Crippen molar-refractivity contribution < 1.29 is 14.3 Å². The van der Waals surface area contributed by atoms with E-state index >= 15 is 0 Å². The highest BCUT2D eigenvalue weighted by Crippen LogP contribution is 2.32. The first-order chi connectivity index (χ1) is 12.7. The van der Waals surface area contributed by atoms with Crippen molar-refractivity contribution in [2.24, 2.45) is 0 Å². The maximum absolute atomic E-state index is 12.6. The maximum atomic E-state index is 12.6. The highest BCUT2D eigenvalue weighted by Gasteiger charge is 2.41. The number of nitrogens with zero attached hydrogens (tertiary/aromatic N) is 5. The Bertz CT molecular complexity index is 809. The summed E-state index contributed by atoms with van der Waals surface area (Å²) >= 11 is 0. The molecule has 1 spiro atoms. The number of carbonyl (C=O) groups is 2. The molecule has 0 radical (unpaired) electrons. The van der Waals surface area contributed by atoms with Gasteiger partial charge in [-0.3, -0.25) is 9.59 Å². The van der Waals surface area contributed by atoms with Crippen LogP contribution in [0.4, 0.5) is 0 Å². The van der Waals surface area contributed by atoms with Crippen LogP contribution in [0.2, 0.25) is 0 Å². The quantitative estimate of drug-likeness (QED) is 0.846. The number of aryl methyl sites for hydroxylation is 1. The fourth-order valence-electron chi connectivity index (χ4n) is 3.54. The molecule has 2 aromatic rings. The first kappa shape index (κ1) is 16.5. The lowest BCUT2D eigenvalue weighted by molar-refractivity contribution is -0.137. The van der Waals surface area contributed by atoms with Gasteiger partial charge in [-0.05, 0) is 35.4 Å². The minimum atomic E-state index is -0.592. The Kier molecular flexibility index (Phi) is 4.27. The van der Waals surface area contributed by atoms with Gasteiger partial charge in [0, 0.05) is 13.0 Å². The number of benzene rings is 1. The number of rotatable bonds is 3. The predicted octanol–water partition coefficient (Wildman–Crippen LogP) is 0.247. The molecule has 136 valence electrons. The second kappa shape index (κ2) is 6.74. The topological polar surface area (TPSA) is 102 Å². The van der Waals surface area contributed by atoms with E-state index in [4.69, 9.17) is 4.74 Å². The van der Waals surface area contributed by atoms with Gasteiger partial charge in [0.2, 0.25) is 5.91 Å². The summed E-state index contributed by atoms with van der Waals surface area (Å²) in [4.78, 5) is 26.7. The summed E-state index contributed by atoms with van der Waals surface area (Å²) in [5.74, 6) is 0.470. The van der Waals surface area contributed by atoms with E-state index in [1.165, 1.54) is 11.0 Å². The van der Waals surface area contributed by atoms with Crippen LogP contribution in [-0.4, -0.2) is 62.2 Å². The normalized spacial score (nSPS) is 22.3. The van der Waals surface area contributed by atoms with Crippen molar-refractivity contribution in [3.8, 4) is 5.75 Å². The lowest BCUT2D eigenvalue weighted by Gasteiger charge is -2.42. The minimum absolute atomic E-state index is 0.0343. The van der Waals surface area contributed by atoms with Gasteiger partial charge in [0.1, 0.15) is 17.7 Å². The number of fused-ring (bicyclic) bond motifs is 1. The fourth-order valence-corrected chi connectivity index (χ4v) is 3.54. The highest BCUT2D eigenvalue weighted by atomic mass is 16.5. The van der Waals surface area contributed by atoms with Crippen LogP contribution >= 0.6 is 0 Å². The molecular formula is C17H20N6O3. The Morgan fingerprint density at radius 3 is 3.08 bits per heavy atom. The molecule has 26 heavy (non-hydrogen) atoms. The van der Waals surface area contributed by atoms with E-state index in [1.54, 1.807) is 12.1 Å². The lowest BCUT2D eigenvalue weighted by atomic mass is 9.92. The summed E-state index contributed by atoms with van der Waals surface area (Å²) in [7, 11) is 0. The number of ether oxygens (including phenoxy) is 1. The van der Waals surface area contributed by atoms with E-state index in [0.29, 0.717) is 43.9 Å². The van der Waals surface area contributed by atoms with E-state index < -0.39 is 5.60 Å². The first-order valence-electron chi connectivity index (χ1n) is 8.70. The summed E-state index contributed by atoms with van der Waals surface area (Å²) in [6.07, 6.45) is 3.43. The maximum Gasteiger partial charge on any atom is 0.255 e. The Morgan fingerprint density at radius 2 is 2.23 bits per heavy atom. The van der Waals surface area contributed by atoms with Gasteiger partial charge in [0.05, 0.1) is 25.2 Å². The van der Waals surface area contributed by atoms with Crippen molar-refractivity contribution in [2.45, 2.75) is 31.4 Å². The standard InChI is InChI=1S/C17H20N6O3/c24-15(6-9-23-12-19-20-21-23)22-8-3-7-17(11-22)10-18-16(25)13-4-1-2-5-14(13)26-17/h1-2,4-5,12H,3,6-11H2,(H,18,25). The molecule has 1 atom stereocenters. The average molecular weight is 356 g/mol. The number of aromatic nitrogens is 4. The largest absolute Gasteiger partial charge is 0.483 e. The van der Waals surface area contributed by atoms with Crippen LogP contribution in [0.25, 0.3) is 0 Å². The molecule has 2 aliphatic heterocycles. The highest BCUT2D eigenvalue weighted by molar-refractivity contribution is 5.97. The molecule has 1 unspecified atom stereocenters. The number of carbonyl (C=O) groups excluding carboxylic acids is 2. The van der Waals surface area contributed by atoms with Gasteiger partial charge in [-0.15, -0.1) is 5.10 Å². The molecule has 3 heterocycles. The summed E-state index contributed by atoms with van der Waals surface area (Å²) in [6.45, 7) is 1.97. The van der Waals surface area contributed by atoms with Gasteiger partial charge in [0.25, 0.3) is 5.91 Å². The Morgan fingerprint density at radius 1 is 1.35 bits per heavy atom. The summed E-state index contributed by atoms with van der Waals surface area (Å²) in [5, 5.41) is 13.9. The Labute approximate surface area is 150 Å². The number of hydrogen-bond acceptors (Lipinski definition) is 6. The van der Waals surface area contributed by atoms with Crippen molar-refractivity contribution in [1.29, 1.82) is 0 Å². The van der Waals surface area contributed by atoms with E-state index in [9.17, 15) is 9.59 Å². The van der Waals surface area contributed by atoms with E-state index in [0.717, 1.165) is 12.8 Å². The van der Waals surface area contributed by atoms with E-state index in [1.807, 2.05) is 17.0 Å². The van der Waals surface area contributed by atoms with Crippen LogP contribution in [0.15, 0.2) is 30.6 Å². The minimum Gasteiger partial charge on any atom is -0.483 e. The molecular weight excluding hydrogens is 336 g/mol. The number of piperidine rings is 1. The average Bonchev–Trinajstić information content (AvgIpc) is 3.14. The van der Waals surface area contributed by atoms with Gasteiger partial charge >= 0.3 is 0 Å². The molecule has 9 nitrogen and oxygen atoms in total. The Hall–Kier alpha value is -2.97. The lowest BCUT2D eigenvalue weighted by Crippen LogP contribution is -2.58. The smallest absolute Gasteiger partial charge is 0.255 e. The summed E-state index contributed by atoms with van der Waals surface area (Å²) in [6, 6.07) is 7.22. The molecule has 1 fully saturated rings. The van der Waals surface area contributed by atoms with Crippen LogP contribution < -0.4 is 10.1 Å². The van der Waals surface area contributed by atoms with Crippen LogP contribution in [-0.2, 0) is 11.3 Å². The van der Waals surface area contributed by atoms with Crippen LogP contribution in [0.5, 0.6) is 5.75 Å². The van der Waals surface area contributed by atoms with Crippen molar-refractivity contribution in [2.75, 3.05) is 19.6 Å². The fraction of sp³-hybridized carbons (Fsp3) is 0.471. The SMILES string of the molecule is O=C1NCC2(CCCN(C(=O)CCn3cnnn3)C2)Oc2ccccc21. The van der Waals surface area contributed by atoms with Crippen LogP contribution in [0.1, 0.15) is 29.6 Å². The van der Waals surface area contributed by atoms with Crippen LogP contribution in [0, 0.1) is 0 Å². The molecule has 1 N–H and O–H groups in total. The van der Waals surface area contributed by atoms with Crippen molar-refractivity contribution in [1.82, 2.24) is 30.4 Å². The molecule has 1 aromatic carbocycles. The van der Waals surface area contributed by atoms with Gasteiger partial charge in [-0.25, -0.2) is 4.68 Å². The summed E-state index contributed by atoms with van der Waals surface area (Å²) in [5.41, 5.74) is -0.0585. The Balaban J connectivity index is 1.47. The number of likely N-dealkylation sites (tertiary alicyclic amines) is 1. The van der Waals surface area contributed by atoms with Gasteiger partial charge in [0.15, 0.2) is 0 Å². The third-order valence-electron chi connectivity index (χ3n) is 4.87. The monoisotopic (exact) mass is 356 g/mol. The molecule has 2 aliphatic rings. The second-order valence-corrected chi connectivity index (χ2v) is 6.71. The molecule has 4 rings (SSSR count). The van der Waals surface area contributed by atoms with Crippen molar-refractivity contribution in [3.05, 3.63) is 36.2 Å². The van der Waals surface area contributed by atoms with E-state index in [-0.39, 0.29) is 11.8 Å². The molecule has 0 bridgehead atoms. The molecule has 0 saturated carbocycles. The van der Waals surface area contributed by atoms with E-state index in [2.05, 4.69) is 20.8 Å². The summed E-state index contributed by atoms with van der Waals surface area (Å²) < 4.78 is 7.81. The third-order valence-corrected chi connectivity index (χ3v) is 4.87. The number of amides is 2. The molecule has 9 heteroatoms.